The molecule has 1 aromatic rings. The quantitative estimate of drug-likeness (QED) is 0.763. The Kier molecular flexibility index (Phi) is 3.83. The van der Waals surface area contributed by atoms with Crippen LogP contribution in [0.3, 0.4) is 0 Å². The minimum atomic E-state index is 0.534. The minimum absolute atomic E-state index is 0.534. The van der Waals surface area contributed by atoms with Gasteiger partial charge in [0.05, 0.1) is 18.5 Å². The topological polar surface area (TPSA) is 35.0 Å². The third-order valence-electron chi connectivity index (χ3n) is 2.24. The molecule has 3 nitrogen and oxygen atoms in total. The van der Waals surface area contributed by atoms with Crippen LogP contribution in [0.4, 0.5) is 0 Å². The van der Waals surface area contributed by atoms with Crippen LogP contribution in [0.15, 0.2) is 11.4 Å². The molecule has 0 saturated carbocycles. The molecule has 1 aliphatic heterocycles. The summed E-state index contributed by atoms with van der Waals surface area (Å²) in [6.45, 7) is 3.76. The van der Waals surface area contributed by atoms with Crippen molar-refractivity contribution in [3.8, 4) is 0 Å². The van der Waals surface area contributed by atoms with Gasteiger partial charge in [0.2, 0.25) is 0 Å². The van der Waals surface area contributed by atoms with Crippen LogP contribution in [0.25, 0.3) is 0 Å². The molecular weight excluding hydrogens is 232 g/mol. The molecule has 5 heteroatoms. The molecular formula is C10H13ClN2OS. The lowest BCUT2D eigenvalue weighted by Gasteiger charge is -2.25. The van der Waals surface area contributed by atoms with E-state index in [1.807, 2.05) is 0 Å². The summed E-state index contributed by atoms with van der Waals surface area (Å²) in [4.78, 5) is 8.31. The average molecular weight is 245 g/mol. The maximum Gasteiger partial charge on any atom is 0.136 e. The van der Waals surface area contributed by atoms with E-state index in [0.29, 0.717) is 10.4 Å². The Morgan fingerprint density at radius 2 is 2.33 bits per heavy atom. The second kappa shape index (κ2) is 5.14. The summed E-state index contributed by atoms with van der Waals surface area (Å²) in [7, 11) is 0. The molecule has 0 radical (unpaired) electrons. The van der Waals surface area contributed by atoms with Gasteiger partial charge in [0.15, 0.2) is 0 Å². The molecule has 0 unspecified atom stereocenters. The van der Waals surface area contributed by atoms with Crippen LogP contribution in [-0.4, -0.2) is 28.4 Å². The SMILES string of the molecule is CCCc1c(Cl)ncnc1SC1COC1. The summed E-state index contributed by atoms with van der Waals surface area (Å²) >= 11 is 7.81. The standard InChI is InChI=1S/C10H13ClN2OS/c1-2-3-8-9(11)12-6-13-10(8)15-7-4-14-5-7/h6-7H,2-5H2,1H3. The van der Waals surface area contributed by atoms with Gasteiger partial charge in [0, 0.05) is 5.56 Å². The number of thioether (sulfide) groups is 1. The third kappa shape index (κ3) is 2.62. The van der Waals surface area contributed by atoms with Crippen LogP contribution in [-0.2, 0) is 11.2 Å². The molecule has 1 aromatic heterocycles. The van der Waals surface area contributed by atoms with E-state index in [2.05, 4.69) is 16.9 Å². The fraction of sp³-hybridized carbons (Fsp3) is 0.600. The maximum absolute atomic E-state index is 6.06. The maximum atomic E-state index is 6.06. The van der Waals surface area contributed by atoms with Crippen molar-refractivity contribution in [2.45, 2.75) is 30.0 Å². The van der Waals surface area contributed by atoms with Crippen molar-refractivity contribution in [3.05, 3.63) is 17.0 Å². The van der Waals surface area contributed by atoms with Gasteiger partial charge in [0.1, 0.15) is 16.5 Å². The highest BCUT2D eigenvalue weighted by molar-refractivity contribution is 8.00. The van der Waals surface area contributed by atoms with Crippen molar-refractivity contribution in [1.29, 1.82) is 0 Å². The molecule has 2 heterocycles. The number of hydrogen-bond acceptors (Lipinski definition) is 4. The van der Waals surface area contributed by atoms with Gasteiger partial charge in [-0.2, -0.15) is 0 Å². The molecule has 0 aliphatic carbocycles. The van der Waals surface area contributed by atoms with Crippen molar-refractivity contribution < 1.29 is 4.74 Å². The van der Waals surface area contributed by atoms with Crippen LogP contribution in [0.1, 0.15) is 18.9 Å². The van der Waals surface area contributed by atoms with E-state index in [-0.39, 0.29) is 0 Å². The van der Waals surface area contributed by atoms with Crippen molar-refractivity contribution in [2.24, 2.45) is 0 Å². The fourth-order valence-corrected chi connectivity index (χ4v) is 2.75. The van der Waals surface area contributed by atoms with E-state index in [4.69, 9.17) is 16.3 Å². The van der Waals surface area contributed by atoms with E-state index in [9.17, 15) is 0 Å². The van der Waals surface area contributed by atoms with Crippen LogP contribution in [0, 0.1) is 0 Å². The van der Waals surface area contributed by atoms with Crippen LogP contribution in [0.2, 0.25) is 5.15 Å². The van der Waals surface area contributed by atoms with Gasteiger partial charge >= 0.3 is 0 Å². The fourth-order valence-electron chi connectivity index (χ4n) is 1.38. The Labute approximate surface area is 98.6 Å². The molecule has 0 atom stereocenters. The first-order valence-corrected chi connectivity index (χ1v) is 6.30. The zero-order valence-corrected chi connectivity index (χ0v) is 10.1. The molecule has 0 amide bonds. The van der Waals surface area contributed by atoms with Gasteiger partial charge in [-0.15, -0.1) is 0 Å². The predicted molar refractivity (Wildman–Crippen MR) is 61.5 cm³/mol. The van der Waals surface area contributed by atoms with Crippen molar-refractivity contribution in [2.75, 3.05) is 13.2 Å². The molecule has 2 rings (SSSR count). The molecule has 1 fully saturated rings. The third-order valence-corrected chi connectivity index (χ3v) is 3.75. The summed E-state index contributed by atoms with van der Waals surface area (Å²) in [5.74, 6) is 0. The lowest BCUT2D eigenvalue weighted by Crippen LogP contribution is -2.30. The van der Waals surface area contributed by atoms with Crippen LogP contribution >= 0.6 is 23.4 Å². The van der Waals surface area contributed by atoms with E-state index >= 15 is 0 Å². The van der Waals surface area contributed by atoms with Gasteiger partial charge in [-0.1, -0.05) is 36.7 Å². The molecule has 0 bridgehead atoms. The summed E-state index contributed by atoms with van der Waals surface area (Å²) in [5.41, 5.74) is 1.08. The highest BCUT2D eigenvalue weighted by atomic mass is 35.5. The Morgan fingerprint density at radius 3 is 2.93 bits per heavy atom. The molecule has 0 N–H and O–H groups in total. The predicted octanol–water partition coefficient (Wildman–Crippen LogP) is 2.57. The number of halogens is 1. The Hall–Kier alpha value is -0.320. The smallest absolute Gasteiger partial charge is 0.136 e. The Morgan fingerprint density at radius 1 is 1.53 bits per heavy atom. The lowest BCUT2D eigenvalue weighted by atomic mass is 10.2. The molecule has 0 spiro atoms. The summed E-state index contributed by atoms with van der Waals surface area (Å²) < 4.78 is 5.14. The normalized spacial score (nSPS) is 16.4. The number of nitrogens with zero attached hydrogens (tertiary/aromatic N) is 2. The largest absolute Gasteiger partial charge is 0.379 e. The molecule has 82 valence electrons. The highest BCUT2D eigenvalue weighted by Gasteiger charge is 2.22. The molecule has 1 saturated heterocycles. The lowest BCUT2D eigenvalue weighted by molar-refractivity contribution is 0.0454. The van der Waals surface area contributed by atoms with Gasteiger partial charge in [-0.25, -0.2) is 9.97 Å². The number of aromatic nitrogens is 2. The summed E-state index contributed by atoms with van der Waals surface area (Å²) in [6.07, 6.45) is 3.53. The number of ether oxygens (including phenoxy) is 1. The van der Waals surface area contributed by atoms with Crippen molar-refractivity contribution in [3.63, 3.8) is 0 Å². The zero-order valence-electron chi connectivity index (χ0n) is 8.57. The van der Waals surface area contributed by atoms with E-state index in [1.165, 1.54) is 6.33 Å². The molecule has 0 aromatic carbocycles. The first-order valence-electron chi connectivity index (χ1n) is 5.05. The zero-order chi connectivity index (χ0) is 10.7. The Bertz CT molecular complexity index is 344. The van der Waals surface area contributed by atoms with E-state index < -0.39 is 0 Å². The summed E-state index contributed by atoms with van der Waals surface area (Å²) in [6, 6.07) is 0. The van der Waals surface area contributed by atoms with Gasteiger partial charge in [-0.3, -0.25) is 0 Å². The molecule has 15 heavy (non-hydrogen) atoms. The van der Waals surface area contributed by atoms with Crippen LogP contribution in [0.5, 0.6) is 0 Å². The monoisotopic (exact) mass is 244 g/mol. The van der Waals surface area contributed by atoms with E-state index in [1.54, 1.807) is 11.8 Å². The van der Waals surface area contributed by atoms with Gasteiger partial charge in [0.25, 0.3) is 0 Å². The minimum Gasteiger partial charge on any atom is -0.379 e. The van der Waals surface area contributed by atoms with Crippen LogP contribution < -0.4 is 0 Å². The summed E-state index contributed by atoms with van der Waals surface area (Å²) in [5, 5.41) is 2.14. The average Bonchev–Trinajstić information content (AvgIpc) is 2.16. The first kappa shape index (κ1) is 11.2. The number of hydrogen-bond donors (Lipinski definition) is 0. The van der Waals surface area contributed by atoms with Crippen molar-refractivity contribution >= 4 is 23.4 Å². The highest BCUT2D eigenvalue weighted by Crippen LogP contribution is 2.31. The Balaban J connectivity index is 2.15. The second-order valence-electron chi connectivity index (χ2n) is 3.48. The van der Waals surface area contributed by atoms with Gasteiger partial charge in [-0.05, 0) is 6.42 Å². The van der Waals surface area contributed by atoms with Crippen molar-refractivity contribution in [1.82, 2.24) is 9.97 Å². The van der Waals surface area contributed by atoms with E-state index in [0.717, 1.165) is 36.6 Å². The first-order chi connectivity index (χ1) is 7.31. The second-order valence-corrected chi connectivity index (χ2v) is 5.12. The number of rotatable bonds is 4. The molecule has 1 aliphatic rings. The van der Waals surface area contributed by atoms with Gasteiger partial charge < -0.3 is 4.74 Å².